The third kappa shape index (κ3) is 4.45. The number of benzene rings is 7. The maximum absolute atomic E-state index is 9.52. The fourth-order valence-corrected chi connectivity index (χ4v) is 3.75. The Morgan fingerprint density at radius 1 is 0.359 bits per heavy atom. The van der Waals surface area contributed by atoms with Crippen molar-refractivity contribution in [2.24, 2.45) is 0 Å². The molecule has 0 aliphatic rings. The second-order valence-electron chi connectivity index (χ2n) is 7.83. The molecule has 0 N–H and O–H groups in total. The summed E-state index contributed by atoms with van der Waals surface area (Å²) in [6.45, 7) is 0. The molecule has 0 aliphatic carbocycles. The molecule has 0 radical (unpaired) electrons. The SMILES string of the molecule is [2H]c1c([2H])c([2H])c(-c2c([2H])c([2H])c(N(c3c([2H])c([2H])c(-c4c([2H])c([2H])c([2H])c([2H])c4[2H])c([2H])c3[2H])c3c([2H])c([2H])c4c(cc([2H])c5c([2H])c([2H])c([2H])c([2H])c54)c3[2H])c([2H])c2[2H])c([2H])c1[2H]. The van der Waals surface area contributed by atoms with Crippen molar-refractivity contribution in [3.05, 3.63) is 163 Å². The number of fused-ring (bicyclic) bond motifs is 3. The van der Waals surface area contributed by atoms with Crippen molar-refractivity contribution in [2.45, 2.75) is 0 Å². The van der Waals surface area contributed by atoms with Gasteiger partial charge in [-0.2, -0.15) is 0 Å². The minimum absolute atomic E-state index is 0.383. The van der Waals surface area contributed by atoms with E-state index in [1.165, 1.54) is 0 Å². The molecular weight excluding hydrogens is 470 g/mol. The first-order valence-electron chi connectivity index (χ1n) is 24.2. The van der Waals surface area contributed by atoms with E-state index in [1.54, 1.807) is 0 Å². The summed E-state index contributed by atoms with van der Waals surface area (Å²) >= 11 is 0. The minimum Gasteiger partial charge on any atom is -0.310 e. The molecule has 0 aliphatic heterocycles. The van der Waals surface area contributed by atoms with Crippen LogP contribution >= 0.6 is 0 Å². The van der Waals surface area contributed by atoms with Crippen LogP contribution in [0.1, 0.15) is 35.6 Å². The van der Waals surface area contributed by atoms with Gasteiger partial charge in [0.05, 0.1) is 35.6 Å². The Balaban J connectivity index is 1.71. The third-order valence-corrected chi connectivity index (χ3v) is 5.52. The molecule has 0 amide bonds. The van der Waals surface area contributed by atoms with Crippen LogP contribution in [0.25, 0.3) is 43.8 Å². The van der Waals surface area contributed by atoms with Gasteiger partial charge < -0.3 is 4.90 Å². The molecule has 0 aromatic heterocycles. The molecule has 7 aromatic carbocycles. The third-order valence-electron chi connectivity index (χ3n) is 5.52. The van der Waals surface area contributed by atoms with Crippen LogP contribution in [0.15, 0.2) is 163 Å². The molecule has 1 nitrogen and oxygen atoms in total. The average molecular weight is 524 g/mol. The zero-order valence-electron chi connectivity index (χ0n) is 45.5. The molecule has 0 saturated carbocycles. The van der Waals surface area contributed by atoms with Crippen LogP contribution in [-0.4, -0.2) is 0 Å². The maximum atomic E-state index is 9.52. The summed E-state index contributed by atoms with van der Waals surface area (Å²) in [6, 6.07) is -23.6. The maximum Gasteiger partial charge on any atom is 0.0651 e. The van der Waals surface area contributed by atoms with Crippen LogP contribution in [0.2, 0.25) is 0 Å². The van der Waals surface area contributed by atoms with Crippen LogP contribution < -0.4 is 4.90 Å². The van der Waals surface area contributed by atoms with Gasteiger partial charge in [0.1, 0.15) is 0 Å². The summed E-state index contributed by atoms with van der Waals surface area (Å²) < 4.78 is 227. The van der Waals surface area contributed by atoms with Gasteiger partial charge in [-0.1, -0.05) is 127 Å². The second kappa shape index (κ2) is 9.96. The summed E-state index contributed by atoms with van der Waals surface area (Å²) in [4.78, 5) is 0.426. The van der Waals surface area contributed by atoms with E-state index in [0.717, 1.165) is 6.07 Å². The van der Waals surface area contributed by atoms with Crippen molar-refractivity contribution in [3.8, 4) is 22.3 Å². The van der Waals surface area contributed by atoms with E-state index in [0.29, 0.717) is 4.90 Å². The molecule has 0 bridgehead atoms. The van der Waals surface area contributed by atoms with Gasteiger partial charge >= 0.3 is 0 Å². The quantitative estimate of drug-likeness (QED) is 0.203. The van der Waals surface area contributed by atoms with Crippen LogP contribution in [0.3, 0.4) is 0 Å². The number of anilines is 3. The lowest BCUT2D eigenvalue weighted by molar-refractivity contribution is 1.29. The summed E-state index contributed by atoms with van der Waals surface area (Å²) in [5, 5.41) is -1.74. The van der Waals surface area contributed by atoms with Crippen molar-refractivity contribution >= 4 is 38.6 Å². The van der Waals surface area contributed by atoms with Gasteiger partial charge in [0.15, 0.2) is 0 Å². The predicted molar refractivity (Wildman–Crippen MR) is 167 cm³/mol. The van der Waals surface area contributed by atoms with Crippen LogP contribution in [-0.2, 0) is 0 Å². The monoisotopic (exact) mass is 523 g/mol. The van der Waals surface area contributed by atoms with Crippen molar-refractivity contribution in [1.82, 2.24) is 0 Å². The molecule has 0 atom stereocenters. The molecular formula is C38H27N. The van der Waals surface area contributed by atoms with E-state index < -0.39 is 213 Å². The second-order valence-corrected chi connectivity index (χ2v) is 7.83. The topological polar surface area (TPSA) is 3.24 Å². The van der Waals surface area contributed by atoms with Gasteiger partial charge in [0.2, 0.25) is 0 Å². The first-order valence-corrected chi connectivity index (χ1v) is 11.2. The van der Waals surface area contributed by atoms with Crippen LogP contribution in [0.4, 0.5) is 17.1 Å². The van der Waals surface area contributed by atoms with Gasteiger partial charge in [-0.15, -0.1) is 0 Å². The zero-order valence-corrected chi connectivity index (χ0v) is 19.5. The highest BCUT2D eigenvalue weighted by Crippen LogP contribution is 2.38. The molecule has 0 unspecified atom stereocenters. The van der Waals surface area contributed by atoms with Gasteiger partial charge in [-0.05, 0) is 80.1 Å². The van der Waals surface area contributed by atoms with Crippen molar-refractivity contribution < 1.29 is 35.6 Å². The molecule has 0 saturated heterocycles. The lowest BCUT2D eigenvalue weighted by atomic mass is 10.0. The van der Waals surface area contributed by atoms with Crippen molar-refractivity contribution in [1.29, 1.82) is 0 Å². The summed E-state index contributed by atoms with van der Waals surface area (Å²) in [5.41, 5.74) is -6.21. The summed E-state index contributed by atoms with van der Waals surface area (Å²) in [5.74, 6) is 0. The average Bonchev–Trinajstić information content (AvgIpc) is 3.27. The van der Waals surface area contributed by atoms with Crippen molar-refractivity contribution in [2.75, 3.05) is 4.90 Å². The van der Waals surface area contributed by atoms with Gasteiger partial charge in [-0.3, -0.25) is 0 Å². The molecule has 0 heterocycles. The van der Waals surface area contributed by atoms with E-state index in [4.69, 9.17) is 26.0 Å². The normalized spacial score (nSPS) is 20.4. The number of hydrogen-bond acceptors (Lipinski definition) is 1. The molecule has 0 spiro atoms. The Morgan fingerprint density at radius 3 is 1.41 bits per heavy atom. The summed E-state index contributed by atoms with van der Waals surface area (Å²) in [6.07, 6.45) is 0. The van der Waals surface area contributed by atoms with E-state index >= 15 is 0 Å². The fraction of sp³-hybridized carbons (Fsp3) is 0. The molecule has 7 aromatic rings. The fourth-order valence-electron chi connectivity index (χ4n) is 3.75. The first-order chi connectivity index (χ1) is 30.2. The van der Waals surface area contributed by atoms with Gasteiger partial charge in [0.25, 0.3) is 0 Å². The number of nitrogens with zero attached hydrogens (tertiary/aromatic N) is 1. The molecule has 39 heavy (non-hydrogen) atoms. The lowest BCUT2D eigenvalue weighted by Crippen LogP contribution is -2.09. The highest BCUT2D eigenvalue weighted by atomic mass is 15.1. The Hall–Kier alpha value is -5.14. The summed E-state index contributed by atoms with van der Waals surface area (Å²) in [7, 11) is 0. The standard InChI is InChI=1S/C38H27N/c1-3-9-28(10-4-1)30-17-21-34(22-18-30)39(35-23-19-31(20-24-35)29-11-5-2-6-12-29)36-25-26-38-33(27-36)16-15-32-13-7-8-14-37(32)38/h1-27H/i1D,2D,3D,4D,5D,6D,7D,8D,9D,10D,11D,12D,13D,14D,15D,17D,18D,19D,20D,21D,22D,23D,24D,25D,26D,27D. The van der Waals surface area contributed by atoms with E-state index in [2.05, 4.69) is 0 Å². The highest BCUT2D eigenvalue weighted by molar-refractivity contribution is 6.08. The van der Waals surface area contributed by atoms with Crippen LogP contribution in [0, 0.1) is 0 Å². The number of rotatable bonds is 5. The lowest BCUT2D eigenvalue weighted by Gasteiger charge is -2.26. The Labute approximate surface area is 265 Å². The molecule has 0 fully saturated rings. The Kier molecular flexibility index (Phi) is 2.15. The van der Waals surface area contributed by atoms with Gasteiger partial charge in [0, 0.05) is 17.1 Å². The Bertz CT molecular complexity index is 3090. The zero-order chi connectivity index (χ0) is 48.6. The Morgan fingerprint density at radius 2 is 0.821 bits per heavy atom. The molecule has 1 heteroatoms. The predicted octanol–water partition coefficient (Wildman–Crippen LogP) is 10.8. The first kappa shape index (κ1) is 8.43. The smallest absolute Gasteiger partial charge is 0.0651 e. The van der Waals surface area contributed by atoms with Gasteiger partial charge in [-0.25, -0.2) is 0 Å². The largest absolute Gasteiger partial charge is 0.310 e. The molecule has 7 rings (SSSR count). The van der Waals surface area contributed by atoms with E-state index in [1.807, 2.05) is 0 Å². The van der Waals surface area contributed by atoms with Crippen LogP contribution in [0.5, 0.6) is 0 Å². The molecule has 184 valence electrons. The minimum atomic E-state index is -1.17. The van der Waals surface area contributed by atoms with Crippen molar-refractivity contribution in [3.63, 3.8) is 0 Å². The van der Waals surface area contributed by atoms with E-state index in [-0.39, 0.29) is 5.39 Å². The highest BCUT2D eigenvalue weighted by Gasteiger charge is 2.14. The van der Waals surface area contributed by atoms with E-state index in [9.17, 15) is 9.60 Å². The number of hydrogen-bond donors (Lipinski definition) is 0.